The number of hydrogen-bond donors (Lipinski definition) is 2. The minimum atomic E-state index is -0.913. The van der Waals surface area contributed by atoms with Crippen LogP contribution in [0.1, 0.15) is 36.2 Å². The highest BCUT2D eigenvalue weighted by atomic mass is 16.4. The summed E-state index contributed by atoms with van der Waals surface area (Å²) in [4.78, 5) is 10.6. The fourth-order valence-corrected chi connectivity index (χ4v) is 1.26. The van der Waals surface area contributed by atoms with Gasteiger partial charge in [0, 0.05) is 0 Å². The Labute approximate surface area is 89.4 Å². The maximum atomic E-state index is 10.6. The van der Waals surface area contributed by atoms with E-state index in [1.807, 2.05) is 0 Å². The molecule has 1 aromatic carbocycles. The van der Waals surface area contributed by atoms with Gasteiger partial charge in [-0.25, -0.2) is 4.79 Å². The minimum absolute atomic E-state index is 0.294. The topological polar surface area (TPSA) is 57.5 Å². The third-order valence-corrected chi connectivity index (χ3v) is 2.23. The number of hydrogen-bond acceptors (Lipinski definition) is 2. The van der Waals surface area contributed by atoms with Gasteiger partial charge in [0.15, 0.2) is 0 Å². The van der Waals surface area contributed by atoms with Crippen molar-refractivity contribution < 1.29 is 15.0 Å². The molecule has 0 saturated heterocycles. The number of rotatable bonds is 4. The molecule has 3 heteroatoms. The van der Waals surface area contributed by atoms with Gasteiger partial charge in [-0.2, -0.15) is 0 Å². The first-order valence-electron chi connectivity index (χ1n) is 4.93. The smallest absolute Gasteiger partial charge is 0.335 e. The first kappa shape index (κ1) is 11.7. The van der Waals surface area contributed by atoms with E-state index in [9.17, 15) is 9.90 Å². The van der Waals surface area contributed by atoms with Gasteiger partial charge in [0.2, 0.25) is 0 Å². The van der Waals surface area contributed by atoms with Gasteiger partial charge in [-0.1, -0.05) is 12.1 Å². The molecule has 0 unspecified atom stereocenters. The highest BCUT2D eigenvalue weighted by molar-refractivity contribution is 5.87. The van der Waals surface area contributed by atoms with Gasteiger partial charge in [0.1, 0.15) is 0 Å². The van der Waals surface area contributed by atoms with E-state index >= 15 is 0 Å². The lowest BCUT2D eigenvalue weighted by molar-refractivity contribution is 0.0691. The number of aryl methyl sites for hydroxylation is 1. The van der Waals surface area contributed by atoms with Crippen molar-refractivity contribution >= 4 is 5.97 Å². The molecule has 0 saturated carbocycles. The van der Waals surface area contributed by atoms with Crippen LogP contribution in [-0.4, -0.2) is 21.8 Å². The average Bonchev–Trinajstić information content (AvgIpc) is 2.14. The molecule has 0 aliphatic heterocycles. The van der Waals surface area contributed by atoms with Crippen molar-refractivity contribution in [2.24, 2.45) is 0 Å². The Bertz CT molecular complexity index is 333. The predicted molar refractivity (Wildman–Crippen MR) is 58.0 cm³/mol. The Morgan fingerprint density at radius 1 is 1.27 bits per heavy atom. The summed E-state index contributed by atoms with van der Waals surface area (Å²) in [6, 6.07) is 6.74. The van der Waals surface area contributed by atoms with Crippen molar-refractivity contribution in [1.82, 2.24) is 0 Å². The third-order valence-electron chi connectivity index (χ3n) is 2.23. The minimum Gasteiger partial charge on any atom is -0.478 e. The zero-order chi connectivity index (χ0) is 11.5. The zero-order valence-electron chi connectivity index (χ0n) is 9.03. The Kier molecular flexibility index (Phi) is 3.48. The van der Waals surface area contributed by atoms with Crippen LogP contribution in [-0.2, 0) is 6.42 Å². The third kappa shape index (κ3) is 4.13. The van der Waals surface area contributed by atoms with Gasteiger partial charge < -0.3 is 10.2 Å². The van der Waals surface area contributed by atoms with Crippen LogP contribution in [0, 0.1) is 0 Å². The summed E-state index contributed by atoms with van der Waals surface area (Å²) < 4.78 is 0. The number of carboxylic acid groups (broad SMARTS) is 1. The molecule has 0 bridgehead atoms. The molecule has 82 valence electrons. The molecule has 0 aliphatic carbocycles. The van der Waals surface area contributed by atoms with Crippen LogP contribution in [0.2, 0.25) is 0 Å². The predicted octanol–water partition coefficient (Wildman–Crippen LogP) is 2.09. The van der Waals surface area contributed by atoms with E-state index < -0.39 is 11.6 Å². The molecular weight excluding hydrogens is 192 g/mol. The van der Waals surface area contributed by atoms with Gasteiger partial charge in [-0.3, -0.25) is 0 Å². The van der Waals surface area contributed by atoms with Gasteiger partial charge in [-0.05, 0) is 44.4 Å². The van der Waals surface area contributed by atoms with Gasteiger partial charge >= 0.3 is 5.97 Å². The van der Waals surface area contributed by atoms with Crippen LogP contribution in [0.4, 0.5) is 0 Å². The van der Waals surface area contributed by atoms with Gasteiger partial charge in [-0.15, -0.1) is 0 Å². The summed E-state index contributed by atoms with van der Waals surface area (Å²) in [6.45, 7) is 3.53. The number of carboxylic acids is 1. The summed E-state index contributed by atoms with van der Waals surface area (Å²) in [5.74, 6) is -0.913. The Morgan fingerprint density at radius 2 is 1.80 bits per heavy atom. The second-order valence-corrected chi connectivity index (χ2v) is 4.31. The van der Waals surface area contributed by atoms with E-state index in [4.69, 9.17) is 5.11 Å². The Balaban J connectivity index is 2.61. The first-order valence-corrected chi connectivity index (χ1v) is 4.93. The van der Waals surface area contributed by atoms with E-state index in [1.165, 1.54) is 0 Å². The van der Waals surface area contributed by atoms with E-state index in [2.05, 4.69) is 0 Å². The molecular formula is C12H16O3. The number of aliphatic hydroxyl groups is 1. The monoisotopic (exact) mass is 208 g/mol. The maximum Gasteiger partial charge on any atom is 0.335 e. The number of carbonyl (C=O) groups is 1. The van der Waals surface area contributed by atoms with Crippen LogP contribution < -0.4 is 0 Å². The molecule has 0 radical (unpaired) electrons. The standard InChI is InChI=1S/C12H16O3/c1-12(2,15)8-7-9-3-5-10(6-4-9)11(13)14/h3-6,15H,7-8H2,1-2H3,(H,13,14). The first-order chi connectivity index (χ1) is 6.88. The highest BCUT2D eigenvalue weighted by Crippen LogP contribution is 2.13. The van der Waals surface area contributed by atoms with Crippen molar-refractivity contribution in [3.05, 3.63) is 35.4 Å². The molecule has 0 fully saturated rings. The van der Waals surface area contributed by atoms with Crippen molar-refractivity contribution in [2.45, 2.75) is 32.3 Å². The molecule has 1 rings (SSSR count). The molecule has 0 heterocycles. The normalized spacial score (nSPS) is 11.4. The fraction of sp³-hybridized carbons (Fsp3) is 0.417. The molecule has 0 aromatic heterocycles. The lowest BCUT2D eigenvalue weighted by atomic mass is 9.98. The molecule has 0 amide bonds. The molecule has 0 aliphatic rings. The van der Waals surface area contributed by atoms with Crippen LogP contribution in [0.5, 0.6) is 0 Å². The van der Waals surface area contributed by atoms with E-state index in [1.54, 1.807) is 38.1 Å². The van der Waals surface area contributed by atoms with Crippen LogP contribution in [0.3, 0.4) is 0 Å². The quantitative estimate of drug-likeness (QED) is 0.796. The van der Waals surface area contributed by atoms with Crippen LogP contribution in [0.25, 0.3) is 0 Å². The molecule has 0 atom stereocenters. The van der Waals surface area contributed by atoms with Crippen molar-refractivity contribution in [2.75, 3.05) is 0 Å². The van der Waals surface area contributed by atoms with E-state index in [-0.39, 0.29) is 0 Å². The second-order valence-electron chi connectivity index (χ2n) is 4.31. The molecule has 0 spiro atoms. The Hall–Kier alpha value is -1.35. The van der Waals surface area contributed by atoms with Crippen LogP contribution in [0.15, 0.2) is 24.3 Å². The van der Waals surface area contributed by atoms with E-state index in [0.717, 1.165) is 12.0 Å². The van der Waals surface area contributed by atoms with E-state index in [0.29, 0.717) is 12.0 Å². The summed E-state index contributed by atoms with van der Waals surface area (Å²) in [5.41, 5.74) is 0.662. The fourth-order valence-electron chi connectivity index (χ4n) is 1.26. The lowest BCUT2D eigenvalue weighted by Gasteiger charge is -2.16. The van der Waals surface area contributed by atoms with Crippen LogP contribution >= 0.6 is 0 Å². The summed E-state index contributed by atoms with van der Waals surface area (Å²) in [6.07, 6.45) is 1.42. The van der Waals surface area contributed by atoms with Gasteiger partial charge in [0.25, 0.3) is 0 Å². The lowest BCUT2D eigenvalue weighted by Crippen LogP contribution is -2.19. The SMILES string of the molecule is CC(C)(O)CCc1ccc(C(=O)O)cc1. The Morgan fingerprint density at radius 3 is 2.20 bits per heavy atom. The summed E-state index contributed by atoms with van der Waals surface area (Å²) in [7, 11) is 0. The maximum absolute atomic E-state index is 10.6. The zero-order valence-corrected chi connectivity index (χ0v) is 9.03. The van der Waals surface area contributed by atoms with Crippen molar-refractivity contribution in [3.63, 3.8) is 0 Å². The number of benzene rings is 1. The van der Waals surface area contributed by atoms with Crippen molar-refractivity contribution in [3.8, 4) is 0 Å². The molecule has 15 heavy (non-hydrogen) atoms. The van der Waals surface area contributed by atoms with Gasteiger partial charge in [0.05, 0.1) is 11.2 Å². The molecule has 3 nitrogen and oxygen atoms in total. The highest BCUT2D eigenvalue weighted by Gasteiger charge is 2.12. The van der Waals surface area contributed by atoms with Crippen molar-refractivity contribution in [1.29, 1.82) is 0 Å². The molecule has 2 N–H and O–H groups in total. The molecule has 1 aromatic rings. The average molecular weight is 208 g/mol. The number of aromatic carboxylic acids is 1. The summed E-state index contributed by atoms with van der Waals surface area (Å²) in [5, 5.41) is 18.2. The second kappa shape index (κ2) is 4.45. The summed E-state index contributed by atoms with van der Waals surface area (Å²) >= 11 is 0. The largest absolute Gasteiger partial charge is 0.478 e.